The number of carboxylic acid groups (broad SMARTS) is 1. The van der Waals surface area contributed by atoms with E-state index in [1.807, 2.05) is 10.6 Å². The van der Waals surface area contributed by atoms with Crippen molar-refractivity contribution >= 4 is 39.5 Å². The fourth-order valence-electron chi connectivity index (χ4n) is 1.37. The molecule has 3 amide bonds. The Morgan fingerprint density at radius 2 is 1.95 bits per heavy atom. The van der Waals surface area contributed by atoms with Gasteiger partial charge in [-0.15, -0.1) is 0 Å². The Labute approximate surface area is 125 Å². The van der Waals surface area contributed by atoms with Crippen molar-refractivity contribution in [3.63, 3.8) is 0 Å². The maximum absolute atomic E-state index is 13.5. The minimum Gasteiger partial charge on any atom is -0.480 e. The highest BCUT2D eigenvalue weighted by Crippen LogP contribution is 2.26. The highest BCUT2D eigenvalue weighted by Gasteiger charge is 2.23. The monoisotopic (exact) mass is 365 g/mol. The number of hydrogen-bond acceptors (Lipinski definition) is 3. The standard InChI is InChI=1S/C11H10BrF2N3O4/c12-5-1-4(13)2-6(14)9(5)17-11(21)16-7(10(19)20)3-8(15)18/h1-2,7H,3H2,(H2,15,18)(H,19,20)(H2,16,17,21)/t7-/m0/s1. The first kappa shape index (κ1) is 16.8. The number of anilines is 1. The fraction of sp³-hybridized carbons (Fsp3) is 0.182. The molecule has 0 unspecified atom stereocenters. The highest BCUT2D eigenvalue weighted by atomic mass is 79.9. The van der Waals surface area contributed by atoms with E-state index in [1.165, 1.54) is 0 Å². The number of carbonyl (C=O) groups is 3. The molecule has 0 aromatic heterocycles. The summed E-state index contributed by atoms with van der Waals surface area (Å²) in [6.07, 6.45) is -0.629. The van der Waals surface area contributed by atoms with Gasteiger partial charge in [-0.2, -0.15) is 0 Å². The molecule has 0 saturated heterocycles. The smallest absolute Gasteiger partial charge is 0.326 e. The lowest BCUT2D eigenvalue weighted by molar-refractivity contribution is -0.140. The van der Waals surface area contributed by atoms with Gasteiger partial charge in [-0.3, -0.25) is 4.79 Å². The van der Waals surface area contributed by atoms with E-state index >= 15 is 0 Å². The molecule has 0 heterocycles. The van der Waals surface area contributed by atoms with Crippen molar-refractivity contribution in [1.82, 2.24) is 5.32 Å². The molecule has 21 heavy (non-hydrogen) atoms. The molecule has 5 N–H and O–H groups in total. The van der Waals surface area contributed by atoms with E-state index in [2.05, 4.69) is 15.9 Å². The van der Waals surface area contributed by atoms with Crippen LogP contribution in [-0.4, -0.2) is 29.1 Å². The van der Waals surface area contributed by atoms with Crippen molar-refractivity contribution in [3.8, 4) is 0 Å². The quantitative estimate of drug-likeness (QED) is 0.625. The first-order valence-electron chi connectivity index (χ1n) is 5.44. The van der Waals surface area contributed by atoms with E-state index in [9.17, 15) is 23.2 Å². The number of nitrogens with one attached hydrogen (secondary N) is 2. The van der Waals surface area contributed by atoms with Crippen LogP contribution in [0.1, 0.15) is 6.42 Å². The number of carbonyl (C=O) groups excluding carboxylic acids is 2. The number of primary amides is 1. The second kappa shape index (κ2) is 6.97. The van der Waals surface area contributed by atoms with Crippen LogP contribution in [0.5, 0.6) is 0 Å². The van der Waals surface area contributed by atoms with Gasteiger partial charge in [0.25, 0.3) is 0 Å². The Balaban J connectivity index is 2.82. The summed E-state index contributed by atoms with van der Waals surface area (Å²) in [5.41, 5.74) is 4.46. The molecule has 10 heteroatoms. The Kier molecular flexibility index (Phi) is 5.59. The summed E-state index contributed by atoms with van der Waals surface area (Å²) in [7, 11) is 0. The largest absolute Gasteiger partial charge is 0.480 e. The van der Waals surface area contributed by atoms with Crippen LogP contribution in [0, 0.1) is 11.6 Å². The lowest BCUT2D eigenvalue weighted by atomic mass is 10.2. The predicted molar refractivity (Wildman–Crippen MR) is 71.4 cm³/mol. The van der Waals surface area contributed by atoms with Gasteiger partial charge in [0, 0.05) is 10.5 Å². The van der Waals surface area contributed by atoms with Crippen LogP contribution in [0.15, 0.2) is 16.6 Å². The van der Waals surface area contributed by atoms with Gasteiger partial charge in [0.2, 0.25) is 5.91 Å². The van der Waals surface area contributed by atoms with Crippen molar-refractivity contribution < 1.29 is 28.3 Å². The van der Waals surface area contributed by atoms with Gasteiger partial charge in [0.1, 0.15) is 11.9 Å². The van der Waals surface area contributed by atoms with Gasteiger partial charge in [0.05, 0.1) is 12.1 Å². The third-order valence-corrected chi connectivity index (χ3v) is 2.88. The second-order valence-electron chi connectivity index (χ2n) is 3.90. The van der Waals surface area contributed by atoms with Crippen LogP contribution in [0.4, 0.5) is 19.3 Å². The average molecular weight is 366 g/mol. The van der Waals surface area contributed by atoms with Crippen LogP contribution in [0.25, 0.3) is 0 Å². The lowest BCUT2D eigenvalue weighted by Crippen LogP contribution is -2.45. The molecule has 0 spiro atoms. The van der Waals surface area contributed by atoms with E-state index in [0.717, 1.165) is 6.07 Å². The minimum atomic E-state index is -1.57. The Hall–Kier alpha value is -2.23. The molecule has 0 saturated carbocycles. The number of nitrogens with two attached hydrogens (primary N) is 1. The lowest BCUT2D eigenvalue weighted by Gasteiger charge is -2.14. The zero-order valence-electron chi connectivity index (χ0n) is 10.3. The van der Waals surface area contributed by atoms with Gasteiger partial charge in [0.15, 0.2) is 5.82 Å². The topological polar surface area (TPSA) is 122 Å². The van der Waals surface area contributed by atoms with Crippen LogP contribution in [-0.2, 0) is 9.59 Å². The van der Waals surface area contributed by atoms with Crippen molar-refractivity contribution in [1.29, 1.82) is 0 Å². The minimum absolute atomic E-state index is 0.0723. The summed E-state index contributed by atoms with van der Waals surface area (Å²) in [6.45, 7) is 0. The fourth-order valence-corrected chi connectivity index (χ4v) is 1.88. The van der Waals surface area contributed by atoms with Crippen LogP contribution < -0.4 is 16.4 Å². The number of amides is 3. The number of benzene rings is 1. The first-order chi connectivity index (χ1) is 9.70. The third kappa shape index (κ3) is 4.99. The zero-order chi connectivity index (χ0) is 16.2. The van der Waals surface area contributed by atoms with Crippen molar-refractivity contribution in [2.24, 2.45) is 5.73 Å². The summed E-state index contributed by atoms with van der Waals surface area (Å²) < 4.78 is 26.3. The van der Waals surface area contributed by atoms with Crippen molar-refractivity contribution in [2.75, 3.05) is 5.32 Å². The van der Waals surface area contributed by atoms with E-state index in [-0.39, 0.29) is 10.2 Å². The van der Waals surface area contributed by atoms with Gasteiger partial charge in [-0.1, -0.05) is 0 Å². The molecule has 0 aliphatic carbocycles. The van der Waals surface area contributed by atoms with Gasteiger partial charge >= 0.3 is 12.0 Å². The maximum Gasteiger partial charge on any atom is 0.326 e. The molecule has 1 aromatic rings. The molecule has 0 aliphatic rings. The molecule has 1 aromatic carbocycles. The summed E-state index contributed by atoms with van der Waals surface area (Å²) >= 11 is 2.85. The summed E-state index contributed by atoms with van der Waals surface area (Å²) in [5, 5.41) is 12.7. The molecule has 7 nitrogen and oxygen atoms in total. The number of carboxylic acids is 1. The zero-order valence-corrected chi connectivity index (χ0v) is 11.9. The Morgan fingerprint density at radius 3 is 2.43 bits per heavy atom. The van der Waals surface area contributed by atoms with E-state index < -0.39 is 42.0 Å². The SMILES string of the molecule is NC(=O)C[C@H](NC(=O)Nc1c(F)cc(F)cc1Br)C(=O)O. The van der Waals surface area contributed by atoms with E-state index in [1.54, 1.807) is 0 Å². The molecular weight excluding hydrogens is 356 g/mol. The molecule has 0 bridgehead atoms. The number of urea groups is 1. The van der Waals surface area contributed by atoms with E-state index in [0.29, 0.717) is 6.07 Å². The first-order valence-corrected chi connectivity index (χ1v) is 6.23. The molecule has 114 valence electrons. The normalized spacial score (nSPS) is 11.6. The van der Waals surface area contributed by atoms with Crippen LogP contribution in [0.3, 0.4) is 0 Å². The molecule has 1 rings (SSSR count). The highest BCUT2D eigenvalue weighted by molar-refractivity contribution is 9.10. The maximum atomic E-state index is 13.5. The average Bonchev–Trinajstić information content (AvgIpc) is 2.32. The van der Waals surface area contributed by atoms with Crippen molar-refractivity contribution in [3.05, 3.63) is 28.2 Å². The van der Waals surface area contributed by atoms with Gasteiger partial charge in [-0.25, -0.2) is 18.4 Å². The Morgan fingerprint density at radius 1 is 1.33 bits per heavy atom. The number of halogens is 3. The summed E-state index contributed by atoms with van der Waals surface area (Å²) in [6, 6.07) is -1.20. The van der Waals surface area contributed by atoms with Gasteiger partial charge < -0.3 is 21.5 Å². The molecule has 1 atom stereocenters. The molecule has 0 fully saturated rings. The number of hydrogen-bond donors (Lipinski definition) is 4. The number of aliphatic carboxylic acids is 1. The van der Waals surface area contributed by atoms with Crippen molar-refractivity contribution in [2.45, 2.75) is 12.5 Å². The molecular formula is C11H10BrF2N3O4. The molecule has 0 aliphatic heterocycles. The summed E-state index contributed by atoms with van der Waals surface area (Å²) in [5.74, 6) is -4.33. The predicted octanol–water partition coefficient (Wildman–Crippen LogP) is 1.18. The third-order valence-electron chi connectivity index (χ3n) is 2.25. The van der Waals surface area contributed by atoms with E-state index in [4.69, 9.17) is 10.8 Å². The Bertz CT molecular complexity index is 574. The number of rotatable bonds is 5. The van der Waals surface area contributed by atoms with Gasteiger partial charge in [-0.05, 0) is 22.0 Å². The molecule has 0 radical (unpaired) electrons. The second-order valence-corrected chi connectivity index (χ2v) is 4.76. The summed E-state index contributed by atoms with van der Waals surface area (Å²) in [4.78, 5) is 33.1. The van der Waals surface area contributed by atoms with Crippen LogP contribution in [0.2, 0.25) is 0 Å². The van der Waals surface area contributed by atoms with Crippen LogP contribution >= 0.6 is 15.9 Å².